The Kier molecular flexibility index (Phi) is 75.6. The van der Waals surface area contributed by atoms with Gasteiger partial charge in [0.05, 0.1) is 6.61 Å². The zero-order valence-corrected chi connectivity index (χ0v) is 84.8. The summed E-state index contributed by atoms with van der Waals surface area (Å²) >= 11 is 0. The van der Waals surface area contributed by atoms with Crippen molar-refractivity contribution in [3.8, 4) is 0 Å². The van der Waals surface area contributed by atoms with Crippen molar-refractivity contribution in [1.82, 2.24) is 0 Å². The lowest BCUT2D eigenvalue weighted by Crippen LogP contribution is -2.93. The van der Waals surface area contributed by atoms with Gasteiger partial charge in [-0.05, 0) is 38.5 Å². The van der Waals surface area contributed by atoms with Crippen LogP contribution in [-0.4, -0.2) is 149 Å². The molecule has 0 spiro atoms. The number of unbranched alkanes of at least 4 members (excludes halogenated alkanes) is 72. The number of hydrogen-bond donors (Lipinski definition) is 8. The number of ether oxygens (including phenoxy) is 9. The highest BCUT2D eigenvalue weighted by Gasteiger charge is 2.96. The van der Waals surface area contributed by atoms with Gasteiger partial charge >= 0.3 is 64.9 Å². The van der Waals surface area contributed by atoms with Gasteiger partial charge in [-0.2, -0.15) is 0 Å². The van der Waals surface area contributed by atoms with Gasteiger partial charge in [0, 0.05) is 38.5 Å². The molecule has 0 aromatic carbocycles. The summed E-state index contributed by atoms with van der Waals surface area (Å²) in [5.74, 6) is -36.0. The first-order valence-corrected chi connectivity index (χ1v) is 55.4. The fourth-order valence-electron chi connectivity index (χ4n) is 18.5. The molecule has 131 heavy (non-hydrogen) atoms. The van der Waals surface area contributed by atoms with Crippen molar-refractivity contribution in [3.63, 3.8) is 0 Å². The summed E-state index contributed by atoms with van der Waals surface area (Å²) in [6, 6.07) is 0. The molecule has 10 atom stereocenters. The zero-order valence-electron chi connectivity index (χ0n) is 84.8. The fourth-order valence-corrected chi connectivity index (χ4v) is 18.5. The topological polar surface area (TPSA) is 347 Å². The third-order valence-corrected chi connectivity index (χ3v) is 27.1. The Hall–Kier alpha value is -3.62. The van der Waals surface area contributed by atoms with E-state index in [9.17, 15) is 45.6 Å². The van der Waals surface area contributed by atoms with Crippen LogP contribution < -0.4 is 0 Å². The predicted octanol–water partition coefficient (Wildman–Crippen LogP) is 26.7. The molecule has 23 nitrogen and oxygen atoms in total. The van der Waals surface area contributed by atoms with Crippen LogP contribution in [0.3, 0.4) is 0 Å². The van der Waals surface area contributed by atoms with E-state index in [1.165, 1.54) is 173 Å². The largest absolute Gasteiger partial charge is 0.428 e. The smallest absolute Gasteiger partial charge is 0.412 e. The average Bonchev–Trinajstić information content (AvgIpc) is 1.51. The molecule has 2 unspecified atom stereocenters. The Morgan fingerprint density at radius 2 is 0.466 bits per heavy atom. The molecule has 2 heterocycles. The van der Waals surface area contributed by atoms with Crippen LogP contribution in [0.2, 0.25) is 0 Å². The Morgan fingerprint density at radius 1 is 0.267 bits per heavy atom. The summed E-state index contributed by atoms with van der Waals surface area (Å²) < 4.78 is 56.2. The molecule has 0 amide bonds. The molecule has 2 fully saturated rings. The number of hydrogen-bond acceptors (Lipinski definition) is 23. The minimum atomic E-state index is -4.95. The quantitative estimate of drug-likeness (QED) is 0.0121. The molecule has 0 saturated carbocycles. The first kappa shape index (κ1) is 123. The van der Waals surface area contributed by atoms with Gasteiger partial charge < -0.3 is 74.0 Å². The van der Waals surface area contributed by atoms with Crippen molar-refractivity contribution >= 4 is 35.8 Å². The number of carbonyl (C=O) groups excluding carboxylic acids is 6. The molecular weight excluding hydrogens is 1670 g/mol. The van der Waals surface area contributed by atoms with Crippen LogP contribution in [0.15, 0.2) is 0 Å². The molecule has 772 valence electrons. The van der Waals surface area contributed by atoms with E-state index in [0.717, 1.165) is 212 Å². The molecule has 8 N–H and O–H groups in total. The highest BCUT2D eigenvalue weighted by atomic mass is 17.0. The van der Waals surface area contributed by atoms with E-state index < -0.39 is 147 Å². The van der Waals surface area contributed by atoms with Gasteiger partial charge in [-0.3, -0.25) is 38.2 Å². The van der Waals surface area contributed by atoms with E-state index in [1.807, 2.05) is 0 Å². The Labute approximate surface area is 797 Å². The van der Waals surface area contributed by atoms with Gasteiger partial charge in [0.25, 0.3) is 6.29 Å². The van der Waals surface area contributed by atoms with Gasteiger partial charge in [-0.15, -0.1) is 0 Å². The van der Waals surface area contributed by atoms with Crippen molar-refractivity contribution in [2.45, 2.75) is 640 Å². The van der Waals surface area contributed by atoms with Gasteiger partial charge in [0.1, 0.15) is 24.9 Å². The van der Waals surface area contributed by atoms with Crippen molar-refractivity contribution in [2.24, 2.45) is 0 Å². The molecule has 0 aromatic rings. The third-order valence-electron chi connectivity index (χ3n) is 27.1. The van der Waals surface area contributed by atoms with E-state index in [0.29, 0.717) is 77.0 Å². The minimum absolute atomic E-state index is 0.0000986. The Bertz CT molecular complexity index is 2700. The number of carbonyl (C=O) groups is 6. The van der Waals surface area contributed by atoms with E-state index >= 15 is 24.0 Å². The first-order chi connectivity index (χ1) is 63.6. The molecular formula is C108H202O23. The van der Waals surface area contributed by atoms with Crippen LogP contribution in [0.4, 0.5) is 0 Å². The van der Waals surface area contributed by atoms with E-state index in [-0.39, 0.29) is 38.5 Å². The molecule has 0 radical (unpaired) electrons. The summed E-state index contributed by atoms with van der Waals surface area (Å²) in [6.45, 7) is 10.4. The average molecular weight is 1870 g/mol. The second-order valence-corrected chi connectivity index (χ2v) is 39.3. The maximum absolute atomic E-state index is 15.6. The summed E-state index contributed by atoms with van der Waals surface area (Å²) in [5, 5.41) is 104. The first-order valence-electron chi connectivity index (χ1n) is 55.4. The van der Waals surface area contributed by atoms with Gasteiger partial charge in [-0.1, -0.05) is 504 Å². The molecule has 2 aliphatic heterocycles. The SMILES string of the molecule is CCCCCCCCCCCCCCCC(=O)OC(O)[C@@]1(OC(=O)CCCCCCCCCCCCCCC)O[C@@](OC(=O)CCCCCCCCCCCCCCC)(OC2(CO)O[C@H](CO)[C@@H](O)[C@@H]2O)[C@@](O)(OC(=O)CCCCCCCCCCCCCCC)[C@](O)(OC(=O)CCCCCCCCCCCCCCC)[C@@]1(O)OC(=O)CCCCCCCCCCCCCCC. The number of esters is 6. The lowest BCUT2D eigenvalue weighted by molar-refractivity contribution is -0.657. The van der Waals surface area contributed by atoms with Crippen LogP contribution in [0.1, 0.15) is 581 Å². The molecule has 0 aliphatic carbocycles. The zero-order chi connectivity index (χ0) is 95.9. The van der Waals surface area contributed by atoms with Gasteiger partial charge in [-0.25, -0.2) is 0 Å². The summed E-state index contributed by atoms with van der Waals surface area (Å²) in [5.41, 5.74) is 0. The van der Waals surface area contributed by atoms with Crippen LogP contribution in [-0.2, 0) is 71.4 Å². The summed E-state index contributed by atoms with van der Waals surface area (Å²) in [6.07, 6.45) is 57.9. The Balaban J connectivity index is 3.23. The van der Waals surface area contributed by atoms with Crippen molar-refractivity contribution in [1.29, 1.82) is 0 Å². The second kappa shape index (κ2) is 80.2. The molecule has 23 heteroatoms. The maximum Gasteiger partial charge on any atom is 0.412 e. The summed E-state index contributed by atoms with van der Waals surface area (Å²) in [7, 11) is 0. The highest BCUT2D eigenvalue weighted by molar-refractivity contribution is 5.75. The van der Waals surface area contributed by atoms with Crippen molar-refractivity contribution < 1.29 is 112 Å². The number of aliphatic hydroxyl groups is 8. The fraction of sp³-hybridized carbons (Fsp3) is 0.944. The molecule has 2 aliphatic rings. The van der Waals surface area contributed by atoms with E-state index in [4.69, 9.17) is 42.6 Å². The highest BCUT2D eigenvalue weighted by Crippen LogP contribution is 2.61. The minimum Gasteiger partial charge on any atom is -0.428 e. The van der Waals surface area contributed by atoms with Gasteiger partial charge in [0.2, 0.25) is 5.79 Å². The number of rotatable bonds is 95. The third kappa shape index (κ3) is 52.3. The summed E-state index contributed by atoms with van der Waals surface area (Å²) in [4.78, 5) is 92.6. The Morgan fingerprint density at radius 3 is 0.687 bits per heavy atom. The van der Waals surface area contributed by atoms with Crippen LogP contribution >= 0.6 is 0 Å². The van der Waals surface area contributed by atoms with Gasteiger partial charge in [0.15, 0.2) is 0 Å². The number of aliphatic hydroxyl groups excluding tert-OH is 5. The standard InChI is InChI=1S/C108H202O23/c1-7-13-19-25-31-37-43-49-55-61-67-73-79-85-94(111)123-102(119)104(125-95(112)86-80-74-68-62-56-50-44-38-32-26-20-14-8-2)105(120,126-96(113)87-81-75-69-63-57-51-45-39-33-27-21-15-9-3)106(121,127-97(114)88-82-76-70-64-58-52-46-40-34-28-22-16-10-4)107(122,128-98(115)89-83-77-71-65-59-53-47-41-35-29-23-17-11-5)108(131-104,130-103(92-110)101(118)100(117)93(91-109)124-103)129-99(116)90-84-78-72-66-60-54-48-42-36-30-24-18-12-6/h93,100-102,109-110,117-122H,7-92H2,1-6H3/t93-,100-,101+,102?,103?,104-,105+,106-,107+,108+/m1/s1. The second-order valence-electron chi connectivity index (χ2n) is 39.3. The molecule has 2 saturated heterocycles. The molecule has 2 rings (SSSR count). The lowest BCUT2D eigenvalue weighted by Gasteiger charge is -2.62. The normalized spacial score (nSPS) is 21.6. The van der Waals surface area contributed by atoms with E-state index in [2.05, 4.69) is 41.5 Å². The van der Waals surface area contributed by atoms with Crippen LogP contribution in [0, 0.1) is 0 Å². The molecule has 0 aromatic heterocycles. The lowest BCUT2D eigenvalue weighted by atomic mass is 9.82. The van der Waals surface area contributed by atoms with Crippen molar-refractivity contribution in [3.05, 3.63) is 0 Å². The maximum atomic E-state index is 15.6. The van der Waals surface area contributed by atoms with Crippen molar-refractivity contribution in [2.75, 3.05) is 13.2 Å². The predicted molar refractivity (Wildman–Crippen MR) is 521 cm³/mol. The molecule has 0 bridgehead atoms. The monoisotopic (exact) mass is 1870 g/mol. The van der Waals surface area contributed by atoms with Crippen LogP contribution in [0.5, 0.6) is 0 Å². The van der Waals surface area contributed by atoms with E-state index in [1.54, 1.807) is 0 Å². The van der Waals surface area contributed by atoms with Crippen LogP contribution in [0.25, 0.3) is 0 Å².